The van der Waals surface area contributed by atoms with Crippen LogP contribution in [-0.2, 0) is 38.3 Å². The Kier molecular flexibility index (Phi) is 41.5. The number of carbonyl (C=O) groups excluding carboxylic acids is 1. The van der Waals surface area contributed by atoms with Crippen molar-refractivity contribution in [3.8, 4) is 0 Å². The van der Waals surface area contributed by atoms with Crippen LogP contribution in [0, 0.1) is 0 Å². The molecule has 1 rings (SSSR count). The number of hydrogen-bond donors (Lipinski definition) is 4. The molecular formula is C52H98O12S. The summed E-state index contributed by atoms with van der Waals surface area (Å²) in [5, 5.41) is 30.7. The Morgan fingerprint density at radius 2 is 1.05 bits per heavy atom. The van der Waals surface area contributed by atoms with Crippen molar-refractivity contribution in [2.24, 2.45) is 0 Å². The third-order valence-electron chi connectivity index (χ3n) is 12.3. The zero-order valence-corrected chi connectivity index (χ0v) is 42.1. The Balaban J connectivity index is 2.29. The van der Waals surface area contributed by atoms with Crippen LogP contribution in [0.1, 0.15) is 239 Å². The van der Waals surface area contributed by atoms with Crippen LogP contribution in [0.15, 0.2) is 24.3 Å². The number of esters is 1. The number of hydrogen-bond acceptors (Lipinski definition) is 11. The fourth-order valence-corrected chi connectivity index (χ4v) is 8.81. The summed E-state index contributed by atoms with van der Waals surface area (Å²) in [5.74, 6) is -0.398. The third kappa shape index (κ3) is 37.2. The summed E-state index contributed by atoms with van der Waals surface area (Å²) in [6.45, 7) is 3.95. The standard InChI is InChI=1S/C52H98O12S/c1-3-5-7-9-11-13-15-17-19-20-21-22-23-24-25-26-27-28-29-31-33-35-37-39-41-48(54)62-46(44-60-42-40-38-36-34-32-30-18-16-14-12-10-8-6-4-2)45-61-52-50(56)51(64-65(57,58)59)49(55)47(43-53)63-52/h8,10,14,16,46-47,49-53,55-56H,3-7,9,11-13,15,17-45H2,1-2H3,(H,57,58,59)/b10-8-,16-14-. The lowest BCUT2D eigenvalue weighted by Crippen LogP contribution is -2.60. The second kappa shape index (κ2) is 43.8. The molecule has 13 heteroatoms. The van der Waals surface area contributed by atoms with Crippen molar-refractivity contribution in [3.63, 3.8) is 0 Å². The van der Waals surface area contributed by atoms with E-state index in [-0.39, 0.29) is 19.6 Å². The molecule has 65 heavy (non-hydrogen) atoms. The van der Waals surface area contributed by atoms with Crippen molar-refractivity contribution < 1.29 is 56.2 Å². The minimum atomic E-state index is -5.06. The summed E-state index contributed by atoms with van der Waals surface area (Å²) in [6, 6.07) is 0. The van der Waals surface area contributed by atoms with Crippen LogP contribution in [-0.4, -0.2) is 97.5 Å². The highest BCUT2D eigenvalue weighted by atomic mass is 32.3. The predicted molar refractivity (Wildman–Crippen MR) is 262 cm³/mol. The molecule has 0 spiro atoms. The normalized spacial score (nSPS) is 19.8. The first-order chi connectivity index (χ1) is 31.6. The van der Waals surface area contributed by atoms with Crippen molar-refractivity contribution >= 4 is 16.4 Å². The molecule has 6 unspecified atom stereocenters. The van der Waals surface area contributed by atoms with E-state index in [2.05, 4.69) is 42.3 Å². The zero-order valence-electron chi connectivity index (χ0n) is 41.3. The fraction of sp³-hybridized carbons (Fsp3) is 0.904. The Morgan fingerprint density at radius 1 is 0.585 bits per heavy atom. The van der Waals surface area contributed by atoms with Crippen LogP contribution < -0.4 is 0 Å². The molecule has 0 aliphatic carbocycles. The number of unbranched alkanes of at least 4 members (excludes halogenated alkanes) is 30. The lowest BCUT2D eigenvalue weighted by Gasteiger charge is -2.41. The molecule has 0 amide bonds. The van der Waals surface area contributed by atoms with Gasteiger partial charge in [0.15, 0.2) is 6.29 Å². The van der Waals surface area contributed by atoms with Gasteiger partial charge in [0.25, 0.3) is 0 Å². The monoisotopic (exact) mass is 947 g/mol. The minimum absolute atomic E-state index is 0.0327. The highest BCUT2D eigenvalue weighted by molar-refractivity contribution is 7.80. The van der Waals surface area contributed by atoms with E-state index in [0.717, 1.165) is 64.2 Å². The summed E-state index contributed by atoms with van der Waals surface area (Å²) in [6.07, 6.45) is 42.2. The van der Waals surface area contributed by atoms with Gasteiger partial charge in [-0.15, -0.1) is 0 Å². The SMILES string of the molecule is CCC/C=C\C/C=C\CCCCCCCCOCC(COC1OC(CO)C(O)C(OS(=O)(=O)O)C1O)OC(=O)CCCCCCCCCCCCCCCCCCCCCCCCCC. The molecule has 1 heterocycles. The van der Waals surface area contributed by atoms with Gasteiger partial charge in [0, 0.05) is 13.0 Å². The summed E-state index contributed by atoms with van der Waals surface area (Å²) in [7, 11) is -5.06. The molecule has 1 fully saturated rings. The third-order valence-corrected chi connectivity index (χ3v) is 12.8. The van der Waals surface area contributed by atoms with E-state index in [9.17, 15) is 33.1 Å². The molecule has 0 aromatic carbocycles. The fourth-order valence-electron chi connectivity index (χ4n) is 8.30. The van der Waals surface area contributed by atoms with Crippen molar-refractivity contribution in [1.82, 2.24) is 0 Å². The largest absolute Gasteiger partial charge is 0.457 e. The van der Waals surface area contributed by atoms with Gasteiger partial charge in [-0.2, -0.15) is 8.42 Å². The average molecular weight is 947 g/mol. The summed E-state index contributed by atoms with van der Waals surface area (Å²) < 4.78 is 59.2. The van der Waals surface area contributed by atoms with Crippen molar-refractivity contribution in [2.75, 3.05) is 26.4 Å². The van der Waals surface area contributed by atoms with Gasteiger partial charge >= 0.3 is 16.4 Å². The first-order valence-electron chi connectivity index (χ1n) is 26.6. The number of allylic oxidation sites excluding steroid dienone is 4. The molecule has 0 radical (unpaired) electrons. The lowest BCUT2D eigenvalue weighted by molar-refractivity contribution is -0.301. The van der Waals surface area contributed by atoms with E-state index >= 15 is 0 Å². The van der Waals surface area contributed by atoms with E-state index in [0.29, 0.717) is 13.0 Å². The van der Waals surface area contributed by atoms with Crippen molar-refractivity contribution in [1.29, 1.82) is 0 Å². The molecular weight excluding hydrogens is 849 g/mol. The molecule has 12 nitrogen and oxygen atoms in total. The highest BCUT2D eigenvalue weighted by Crippen LogP contribution is 2.26. The zero-order chi connectivity index (χ0) is 47.5. The smallest absolute Gasteiger partial charge is 0.397 e. The summed E-state index contributed by atoms with van der Waals surface area (Å²) in [4.78, 5) is 12.9. The van der Waals surface area contributed by atoms with Gasteiger partial charge in [0.1, 0.15) is 30.5 Å². The van der Waals surface area contributed by atoms with Gasteiger partial charge in [0.2, 0.25) is 0 Å². The Hall–Kier alpha value is -1.42. The number of ether oxygens (including phenoxy) is 4. The molecule has 6 atom stereocenters. The van der Waals surface area contributed by atoms with Gasteiger partial charge in [-0.3, -0.25) is 9.35 Å². The second-order valence-electron chi connectivity index (χ2n) is 18.5. The van der Waals surface area contributed by atoms with E-state index in [4.69, 9.17) is 18.9 Å². The topological polar surface area (TPSA) is 178 Å². The molecule has 1 aliphatic rings. The van der Waals surface area contributed by atoms with Crippen LogP contribution >= 0.6 is 0 Å². The van der Waals surface area contributed by atoms with E-state index in [1.54, 1.807) is 0 Å². The van der Waals surface area contributed by atoms with Crippen molar-refractivity contribution in [2.45, 2.75) is 275 Å². The highest BCUT2D eigenvalue weighted by Gasteiger charge is 2.48. The van der Waals surface area contributed by atoms with Crippen LogP contribution in [0.2, 0.25) is 0 Å². The van der Waals surface area contributed by atoms with Crippen molar-refractivity contribution in [3.05, 3.63) is 24.3 Å². The predicted octanol–water partition coefficient (Wildman–Crippen LogP) is 12.4. The number of carbonyl (C=O) groups is 1. The first kappa shape index (κ1) is 61.6. The van der Waals surface area contributed by atoms with Crippen LogP contribution in [0.3, 0.4) is 0 Å². The van der Waals surface area contributed by atoms with E-state index in [1.165, 1.54) is 148 Å². The molecule has 4 N–H and O–H groups in total. The number of rotatable bonds is 47. The summed E-state index contributed by atoms with van der Waals surface area (Å²) in [5.41, 5.74) is 0. The van der Waals surface area contributed by atoms with Crippen LogP contribution in [0.4, 0.5) is 0 Å². The maximum atomic E-state index is 12.9. The van der Waals surface area contributed by atoms with Crippen LogP contribution in [0.25, 0.3) is 0 Å². The molecule has 0 saturated carbocycles. The Bertz CT molecular complexity index is 1230. The van der Waals surface area contributed by atoms with Crippen LogP contribution in [0.5, 0.6) is 0 Å². The van der Waals surface area contributed by atoms with Gasteiger partial charge in [-0.25, -0.2) is 4.18 Å². The molecule has 384 valence electrons. The van der Waals surface area contributed by atoms with Gasteiger partial charge < -0.3 is 34.3 Å². The van der Waals surface area contributed by atoms with Gasteiger partial charge in [-0.1, -0.05) is 218 Å². The Morgan fingerprint density at radius 3 is 1.52 bits per heavy atom. The number of aliphatic hydroxyl groups excluding tert-OH is 3. The second-order valence-corrected chi connectivity index (χ2v) is 19.5. The molecule has 1 saturated heterocycles. The molecule has 1 aliphatic heterocycles. The lowest BCUT2D eigenvalue weighted by atomic mass is 9.99. The first-order valence-corrected chi connectivity index (χ1v) is 28.0. The average Bonchev–Trinajstić information content (AvgIpc) is 3.28. The van der Waals surface area contributed by atoms with E-state index in [1.807, 2.05) is 0 Å². The number of aliphatic hydroxyl groups is 3. The van der Waals surface area contributed by atoms with Gasteiger partial charge in [0.05, 0.1) is 19.8 Å². The maximum absolute atomic E-state index is 12.9. The molecule has 0 aromatic heterocycles. The van der Waals surface area contributed by atoms with Gasteiger partial charge in [-0.05, 0) is 38.5 Å². The minimum Gasteiger partial charge on any atom is -0.457 e. The molecule has 0 bridgehead atoms. The van der Waals surface area contributed by atoms with E-state index < -0.39 is 59.8 Å². The Labute approximate surface area is 397 Å². The summed E-state index contributed by atoms with van der Waals surface area (Å²) >= 11 is 0. The molecule has 0 aromatic rings. The maximum Gasteiger partial charge on any atom is 0.397 e. The quantitative estimate of drug-likeness (QED) is 0.0197.